The molecule has 1 aromatic rings. The molecule has 0 radical (unpaired) electrons. The first-order chi connectivity index (χ1) is 11.0. The number of amides is 1. The molecule has 2 aliphatic heterocycles. The Morgan fingerprint density at radius 3 is 3.13 bits per heavy atom. The van der Waals surface area contributed by atoms with Gasteiger partial charge in [-0.1, -0.05) is 29.8 Å². The van der Waals surface area contributed by atoms with E-state index in [1.807, 2.05) is 26.1 Å². The van der Waals surface area contributed by atoms with E-state index in [0.717, 1.165) is 29.9 Å². The van der Waals surface area contributed by atoms with Gasteiger partial charge in [-0.2, -0.15) is 0 Å². The van der Waals surface area contributed by atoms with Gasteiger partial charge in [0, 0.05) is 47.7 Å². The minimum absolute atomic E-state index is 0.0898. The van der Waals surface area contributed by atoms with Crippen molar-refractivity contribution in [3.05, 3.63) is 22.3 Å². The van der Waals surface area contributed by atoms with Crippen molar-refractivity contribution in [1.82, 2.24) is 9.88 Å². The van der Waals surface area contributed by atoms with Crippen LogP contribution in [0.5, 0.6) is 0 Å². The lowest BCUT2D eigenvalue weighted by Crippen LogP contribution is -2.49. The number of halogens is 1. The number of anilines is 1. The highest BCUT2D eigenvalue weighted by Gasteiger charge is 2.53. The fraction of sp³-hybridized carbons (Fsp3) is 0.667. The predicted molar refractivity (Wildman–Crippen MR) is 94.4 cm³/mol. The van der Waals surface area contributed by atoms with E-state index < -0.39 is 0 Å². The van der Waals surface area contributed by atoms with Gasteiger partial charge in [0.15, 0.2) is 0 Å². The number of nitrogens with one attached hydrogen (secondary N) is 1. The normalized spacial score (nSPS) is 32.1. The Balaban J connectivity index is 1.68. The maximum absolute atomic E-state index is 12.6. The highest BCUT2D eigenvalue weighted by atomic mass is 79.9. The van der Waals surface area contributed by atoms with E-state index >= 15 is 0 Å². The molecule has 3 aliphatic rings. The van der Waals surface area contributed by atoms with Gasteiger partial charge in [0.2, 0.25) is 5.91 Å². The summed E-state index contributed by atoms with van der Waals surface area (Å²) in [6.45, 7) is 6.84. The van der Waals surface area contributed by atoms with Gasteiger partial charge in [-0.3, -0.25) is 4.79 Å². The average molecular weight is 378 g/mol. The summed E-state index contributed by atoms with van der Waals surface area (Å²) < 4.78 is 1.16. The second-order valence-corrected chi connectivity index (χ2v) is 8.69. The number of likely N-dealkylation sites (tertiary alicyclic amines) is 1. The van der Waals surface area contributed by atoms with Gasteiger partial charge in [0.05, 0.1) is 0 Å². The van der Waals surface area contributed by atoms with Gasteiger partial charge in [0.1, 0.15) is 5.82 Å². The molecule has 1 saturated carbocycles. The lowest BCUT2D eigenvalue weighted by Gasteiger charge is -2.44. The fourth-order valence-electron chi connectivity index (χ4n) is 5.03. The zero-order valence-corrected chi connectivity index (χ0v) is 15.4. The standard InChI is InChI=1S/C18H24BrN3O/c1-11(2)17(23)22-9-12-3-5-18(7-12,10-22)13-8-21-16-15(13)14(19)4-6-20-16/h4,6,11-13H,3,5,7-10H2,1-2H3,(H,20,21)/t12-,13?,18-/m1/s1. The van der Waals surface area contributed by atoms with Crippen LogP contribution in [-0.4, -0.2) is 35.4 Å². The van der Waals surface area contributed by atoms with E-state index in [0.29, 0.717) is 17.7 Å². The highest BCUT2D eigenvalue weighted by Crippen LogP contribution is 2.57. The Morgan fingerprint density at radius 1 is 1.52 bits per heavy atom. The first-order valence-electron chi connectivity index (χ1n) is 8.67. The first kappa shape index (κ1) is 15.4. The Kier molecular flexibility index (Phi) is 3.67. The molecule has 124 valence electrons. The van der Waals surface area contributed by atoms with Crippen LogP contribution in [0.3, 0.4) is 0 Å². The summed E-state index contributed by atoms with van der Waals surface area (Å²) >= 11 is 3.73. The van der Waals surface area contributed by atoms with E-state index in [-0.39, 0.29) is 11.3 Å². The van der Waals surface area contributed by atoms with Crippen molar-refractivity contribution in [2.45, 2.75) is 39.0 Å². The van der Waals surface area contributed by atoms with Crippen LogP contribution in [0.25, 0.3) is 0 Å². The van der Waals surface area contributed by atoms with Crippen LogP contribution in [-0.2, 0) is 4.79 Å². The van der Waals surface area contributed by atoms with Crippen LogP contribution < -0.4 is 5.32 Å². The third-order valence-corrected chi connectivity index (χ3v) is 6.73. The number of piperidine rings is 1. The SMILES string of the molecule is CC(C)C(=O)N1C[C@@H]2CC[C@@](C3CNc4nccc(Br)c43)(C2)C1. The number of carbonyl (C=O) groups is 1. The van der Waals surface area contributed by atoms with Crippen molar-refractivity contribution in [3.63, 3.8) is 0 Å². The summed E-state index contributed by atoms with van der Waals surface area (Å²) in [5.74, 6) is 2.55. The number of rotatable bonds is 2. The van der Waals surface area contributed by atoms with Gasteiger partial charge in [-0.25, -0.2) is 4.98 Å². The van der Waals surface area contributed by atoms with Crippen LogP contribution in [0.15, 0.2) is 16.7 Å². The minimum Gasteiger partial charge on any atom is -0.369 e. The molecule has 1 aliphatic carbocycles. The molecule has 1 saturated heterocycles. The quantitative estimate of drug-likeness (QED) is 0.855. The average Bonchev–Trinajstić information content (AvgIpc) is 3.09. The zero-order chi connectivity index (χ0) is 16.2. The van der Waals surface area contributed by atoms with Crippen LogP contribution in [0.1, 0.15) is 44.6 Å². The number of fused-ring (bicyclic) bond motifs is 3. The maximum atomic E-state index is 12.6. The largest absolute Gasteiger partial charge is 0.369 e. The molecule has 0 aromatic carbocycles. The molecule has 3 heterocycles. The molecular weight excluding hydrogens is 354 g/mol. The summed E-state index contributed by atoms with van der Waals surface area (Å²) in [6.07, 6.45) is 5.59. The molecule has 2 bridgehead atoms. The van der Waals surface area contributed by atoms with E-state index in [1.54, 1.807) is 0 Å². The summed E-state index contributed by atoms with van der Waals surface area (Å²) in [5.41, 5.74) is 1.55. The molecule has 23 heavy (non-hydrogen) atoms. The lowest BCUT2D eigenvalue weighted by atomic mass is 9.69. The van der Waals surface area contributed by atoms with E-state index in [1.165, 1.54) is 24.8 Å². The van der Waals surface area contributed by atoms with Crippen molar-refractivity contribution in [1.29, 1.82) is 0 Å². The van der Waals surface area contributed by atoms with Crippen molar-refractivity contribution in [3.8, 4) is 0 Å². The molecule has 1 unspecified atom stereocenters. The molecule has 0 spiro atoms. The Bertz CT molecular complexity index is 647. The van der Waals surface area contributed by atoms with Crippen LogP contribution in [0.2, 0.25) is 0 Å². The minimum atomic E-state index is 0.0898. The third-order valence-electron chi connectivity index (χ3n) is 6.03. The van der Waals surface area contributed by atoms with Gasteiger partial charge >= 0.3 is 0 Å². The number of aromatic nitrogens is 1. The maximum Gasteiger partial charge on any atom is 0.225 e. The summed E-state index contributed by atoms with van der Waals surface area (Å²) in [5, 5.41) is 3.49. The third kappa shape index (κ3) is 2.39. The van der Waals surface area contributed by atoms with Crippen molar-refractivity contribution < 1.29 is 4.79 Å². The summed E-state index contributed by atoms with van der Waals surface area (Å²) in [7, 11) is 0. The number of hydrogen-bond donors (Lipinski definition) is 1. The number of nitrogens with zero attached hydrogens (tertiary/aromatic N) is 2. The number of carbonyl (C=O) groups excluding carboxylic acids is 1. The fourth-order valence-corrected chi connectivity index (χ4v) is 5.61. The van der Waals surface area contributed by atoms with Crippen LogP contribution in [0, 0.1) is 17.3 Å². The topological polar surface area (TPSA) is 45.2 Å². The Labute approximate surface area is 146 Å². The van der Waals surface area contributed by atoms with Crippen molar-refractivity contribution in [2.75, 3.05) is 25.0 Å². The summed E-state index contributed by atoms with van der Waals surface area (Å²) in [4.78, 5) is 19.2. The smallest absolute Gasteiger partial charge is 0.225 e. The van der Waals surface area contributed by atoms with Gasteiger partial charge in [-0.15, -0.1) is 0 Å². The molecule has 4 nitrogen and oxygen atoms in total. The van der Waals surface area contributed by atoms with Gasteiger partial charge in [0.25, 0.3) is 0 Å². The molecule has 4 rings (SSSR count). The molecule has 1 N–H and O–H groups in total. The Morgan fingerprint density at radius 2 is 2.35 bits per heavy atom. The second kappa shape index (κ2) is 5.47. The highest BCUT2D eigenvalue weighted by molar-refractivity contribution is 9.10. The molecule has 5 heteroatoms. The summed E-state index contributed by atoms with van der Waals surface area (Å²) in [6, 6.07) is 2.04. The molecule has 1 amide bonds. The van der Waals surface area contributed by atoms with Crippen molar-refractivity contribution in [2.24, 2.45) is 17.3 Å². The van der Waals surface area contributed by atoms with E-state index in [4.69, 9.17) is 0 Å². The molecule has 2 fully saturated rings. The predicted octanol–water partition coefficient (Wildman–Crippen LogP) is 3.64. The zero-order valence-electron chi connectivity index (χ0n) is 13.8. The monoisotopic (exact) mass is 377 g/mol. The van der Waals surface area contributed by atoms with Crippen molar-refractivity contribution >= 4 is 27.7 Å². The lowest BCUT2D eigenvalue weighted by molar-refractivity contribution is -0.138. The second-order valence-electron chi connectivity index (χ2n) is 7.83. The number of pyridine rings is 1. The molecule has 3 atom stereocenters. The van der Waals surface area contributed by atoms with Crippen LogP contribution >= 0.6 is 15.9 Å². The van der Waals surface area contributed by atoms with E-state index in [9.17, 15) is 4.79 Å². The van der Waals surface area contributed by atoms with Gasteiger partial charge < -0.3 is 10.2 Å². The molecule has 1 aromatic heterocycles. The first-order valence-corrected chi connectivity index (χ1v) is 9.46. The Hall–Kier alpha value is -1.10. The number of hydrogen-bond acceptors (Lipinski definition) is 3. The molecular formula is C18H24BrN3O. The van der Waals surface area contributed by atoms with E-state index in [2.05, 4.69) is 31.1 Å². The van der Waals surface area contributed by atoms with Crippen LogP contribution in [0.4, 0.5) is 5.82 Å². The van der Waals surface area contributed by atoms with Gasteiger partial charge in [-0.05, 0) is 36.7 Å².